The number of nitrogens with zero attached hydrogens (tertiary/aromatic N) is 3. The lowest BCUT2D eigenvalue weighted by Crippen LogP contribution is -2.03. The van der Waals surface area contributed by atoms with Crippen molar-refractivity contribution in [3.8, 4) is 0 Å². The maximum absolute atomic E-state index is 5.63. The maximum atomic E-state index is 5.63. The third-order valence-corrected chi connectivity index (χ3v) is 2.32. The van der Waals surface area contributed by atoms with Gasteiger partial charge in [0.05, 0.1) is 18.1 Å². The lowest BCUT2D eigenvalue weighted by atomic mass is 10.2. The predicted molar refractivity (Wildman–Crippen MR) is 63.9 cm³/mol. The Morgan fingerprint density at radius 1 is 1.44 bits per heavy atom. The first-order valence-electron chi connectivity index (χ1n) is 5.08. The standard InChI is InChI=1S/C11H15N5/c1-8-3-10(12)6-14-11(8)13-4-9-5-15-16(2)7-9/h3,5-7H,4,12H2,1-2H3,(H,13,14). The summed E-state index contributed by atoms with van der Waals surface area (Å²) in [6, 6.07) is 1.90. The Balaban J connectivity index is 2.04. The highest BCUT2D eigenvalue weighted by molar-refractivity contribution is 5.50. The van der Waals surface area contributed by atoms with E-state index in [0.29, 0.717) is 12.2 Å². The molecule has 0 bridgehead atoms. The Morgan fingerprint density at radius 2 is 2.25 bits per heavy atom. The number of rotatable bonds is 3. The van der Waals surface area contributed by atoms with Crippen molar-refractivity contribution in [3.05, 3.63) is 35.8 Å². The molecule has 0 atom stereocenters. The first kappa shape index (κ1) is 10.5. The third-order valence-electron chi connectivity index (χ3n) is 2.32. The molecule has 0 aliphatic heterocycles. The van der Waals surface area contributed by atoms with E-state index in [9.17, 15) is 0 Å². The van der Waals surface area contributed by atoms with E-state index in [-0.39, 0.29) is 0 Å². The minimum absolute atomic E-state index is 0.685. The molecule has 2 aromatic rings. The fourth-order valence-electron chi connectivity index (χ4n) is 1.53. The molecule has 5 heteroatoms. The molecule has 16 heavy (non-hydrogen) atoms. The van der Waals surface area contributed by atoms with Crippen molar-refractivity contribution in [2.75, 3.05) is 11.1 Å². The number of aromatic nitrogens is 3. The highest BCUT2D eigenvalue weighted by atomic mass is 15.2. The molecule has 0 fully saturated rings. The molecule has 0 saturated carbocycles. The first-order chi connectivity index (χ1) is 7.65. The van der Waals surface area contributed by atoms with Crippen molar-refractivity contribution in [2.45, 2.75) is 13.5 Å². The Morgan fingerprint density at radius 3 is 2.88 bits per heavy atom. The molecule has 0 spiro atoms. The van der Waals surface area contributed by atoms with Crippen LogP contribution in [0.15, 0.2) is 24.7 Å². The fraction of sp³-hybridized carbons (Fsp3) is 0.273. The van der Waals surface area contributed by atoms with Gasteiger partial charge >= 0.3 is 0 Å². The van der Waals surface area contributed by atoms with Crippen LogP contribution in [0, 0.1) is 6.92 Å². The number of anilines is 2. The van der Waals surface area contributed by atoms with Gasteiger partial charge in [-0.2, -0.15) is 5.10 Å². The van der Waals surface area contributed by atoms with E-state index in [2.05, 4.69) is 15.4 Å². The van der Waals surface area contributed by atoms with Crippen LogP contribution < -0.4 is 11.1 Å². The van der Waals surface area contributed by atoms with Gasteiger partial charge in [-0.15, -0.1) is 0 Å². The largest absolute Gasteiger partial charge is 0.397 e. The van der Waals surface area contributed by atoms with E-state index in [4.69, 9.17) is 5.73 Å². The van der Waals surface area contributed by atoms with Crippen LogP contribution in [0.4, 0.5) is 11.5 Å². The summed E-state index contributed by atoms with van der Waals surface area (Å²) >= 11 is 0. The minimum atomic E-state index is 0.685. The van der Waals surface area contributed by atoms with Gasteiger partial charge in [0.25, 0.3) is 0 Å². The maximum Gasteiger partial charge on any atom is 0.129 e. The van der Waals surface area contributed by atoms with Gasteiger partial charge in [0.15, 0.2) is 0 Å². The van der Waals surface area contributed by atoms with Gasteiger partial charge in [-0.05, 0) is 18.6 Å². The van der Waals surface area contributed by atoms with Crippen LogP contribution in [0.5, 0.6) is 0 Å². The lowest BCUT2D eigenvalue weighted by Gasteiger charge is -2.07. The summed E-state index contributed by atoms with van der Waals surface area (Å²) in [6.45, 7) is 2.69. The van der Waals surface area contributed by atoms with Crippen molar-refractivity contribution in [1.82, 2.24) is 14.8 Å². The van der Waals surface area contributed by atoms with E-state index in [0.717, 1.165) is 16.9 Å². The lowest BCUT2D eigenvalue weighted by molar-refractivity contribution is 0.767. The van der Waals surface area contributed by atoms with Gasteiger partial charge in [-0.3, -0.25) is 4.68 Å². The number of nitrogens with two attached hydrogens (primary N) is 1. The molecule has 2 aromatic heterocycles. The zero-order valence-electron chi connectivity index (χ0n) is 9.44. The second-order valence-corrected chi connectivity index (χ2v) is 3.81. The van der Waals surface area contributed by atoms with E-state index in [1.165, 1.54) is 0 Å². The topological polar surface area (TPSA) is 68.8 Å². The summed E-state index contributed by atoms with van der Waals surface area (Å²) in [5.41, 5.74) is 8.49. The second-order valence-electron chi connectivity index (χ2n) is 3.81. The smallest absolute Gasteiger partial charge is 0.129 e. The van der Waals surface area contributed by atoms with Crippen LogP contribution in [0.25, 0.3) is 0 Å². The van der Waals surface area contributed by atoms with Gasteiger partial charge in [0, 0.05) is 25.4 Å². The van der Waals surface area contributed by atoms with Crippen LogP contribution in [0.1, 0.15) is 11.1 Å². The Labute approximate surface area is 94.3 Å². The summed E-state index contributed by atoms with van der Waals surface area (Å²) < 4.78 is 1.78. The van der Waals surface area contributed by atoms with Gasteiger partial charge in [-0.1, -0.05) is 0 Å². The molecule has 0 unspecified atom stereocenters. The number of hydrogen-bond acceptors (Lipinski definition) is 4. The molecular weight excluding hydrogens is 202 g/mol. The van der Waals surface area contributed by atoms with Crippen molar-refractivity contribution in [1.29, 1.82) is 0 Å². The third kappa shape index (κ3) is 2.31. The SMILES string of the molecule is Cc1cc(N)cnc1NCc1cnn(C)c1. The number of hydrogen-bond donors (Lipinski definition) is 2. The van der Waals surface area contributed by atoms with E-state index < -0.39 is 0 Å². The number of nitrogens with one attached hydrogen (secondary N) is 1. The molecule has 0 saturated heterocycles. The highest BCUT2D eigenvalue weighted by Crippen LogP contribution is 2.14. The van der Waals surface area contributed by atoms with Gasteiger partial charge in [0.2, 0.25) is 0 Å². The molecule has 5 nitrogen and oxygen atoms in total. The fourth-order valence-corrected chi connectivity index (χ4v) is 1.53. The zero-order chi connectivity index (χ0) is 11.5. The summed E-state index contributed by atoms with van der Waals surface area (Å²) in [5, 5.41) is 7.35. The number of aryl methyl sites for hydroxylation is 2. The van der Waals surface area contributed by atoms with Crippen molar-refractivity contribution >= 4 is 11.5 Å². The monoisotopic (exact) mass is 217 g/mol. The quantitative estimate of drug-likeness (QED) is 0.813. The second kappa shape index (κ2) is 4.22. The summed E-state index contributed by atoms with van der Waals surface area (Å²) in [5.74, 6) is 0.859. The average Bonchev–Trinajstić information content (AvgIpc) is 2.63. The zero-order valence-corrected chi connectivity index (χ0v) is 9.44. The van der Waals surface area contributed by atoms with Crippen LogP contribution in [-0.2, 0) is 13.6 Å². The molecule has 2 rings (SSSR count). The van der Waals surface area contributed by atoms with E-state index in [1.54, 1.807) is 10.9 Å². The first-order valence-corrected chi connectivity index (χ1v) is 5.08. The predicted octanol–water partition coefficient (Wildman–Crippen LogP) is 1.32. The van der Waals surface area contributed by atoms with E-state index >= 15 is 0 Å². The van der Waals surface area contributed by atoms with Gasteiger partial charge in [0.1, 0.15) is 5.82 Å². The van der Waals surface area contributed by atoms with Crippen LogP contribution >= 0.6 is 0 Å². The Kier molecular flexibility index (Phi) is 2.76. The molecule has 2 heterocycles. The number of nitrogen functional groups attached to an aromatic ring is 1. The molecule has 0 amide bonds. The Bertz CT molecular complexity index is 489. The molecule has 0 aliphatic rings. The van der Waals surface area contributed by atoms with E-state index in [1.807, 2.05) is 32.4 Å². The number of pyridine rings is 1. The molecule has 3 N–H and O–H groups in total. The van der Waals surface area contributed by atoms with Gasteiger partial charge in [-0.25, -0.2) is 4.98 Å². The van der Waals surface area contributed by atoms with Crippen LogP contribution in [0.3, 0.4) is 0 Å². The highest BCUT2D eigenvalue weighted by Gasteiger charge is 2.01. The Hall–Kier alpha value is -2.04. The van der Waals surface area contributed by atoms with Crippen molar-refractivity contribution < 1.29 is 0 Å². The summed E-state index contributed by atoms with van der Waals surface area (Å²) in [4.78, 5) is 4.24. The van der Waals surface area contributed by atoms with Crippen LogP contribution in [0.2, 0.25) is 0 Å². The minimum Gasteiger partial charge on any atom is -0.397 e. The molecule has 0 aromatic carbocycles. The summed E-state index contributed by atoms with van der Waals surface area (Å²) in [6.07, 6.45) is 5.46. The molecule has 84 valence electrons. The van der Waals surface area contributed by atoms with Crippen molar-refractivity contribution in [2.24, 2.45) is 7.05 Å². The van der Waals surface area contributed by atoms with Crippen LogP contribution in [-0.4, -0.2) is 14.8 Å². The molecular formula is C11H15N5. The average molecular weight is 217 g/mol. The van der Waals surface area contributed by atoms with Crippen molar-refractivity contribution in [3.63, 3.8) is 0 Å². The van der Waals surface area contributed by atoms with Gasteiger partial charge < -0.3 is 11.1 Å². The molecule has 0 aliphatic carbocycles. The summed E-state index contributed by atoms with van der Waals surface area (Å²) in [7, 11) is 1.90. The molecule has 0 radical (unpaired) electrons. The normalized spacial score (nSPS) is 10.4.